The van der Waals surface area contributed by atoms with Gasteiger partial charge in [-0.05, 0) is 38.7 Å². The summed E-state index contributed by atoms with van der Waals surface area (Å²) in [5.41, 5.74) is 1.07. The van der Waals surface area contributed by atoms with Crippen LogP contribution in [-0.2, 0) is 6.54 Å². The zero-order chi connectivity index (χ0) is 19.6. The lowest BCUT2D eigenvalue weighted by Gasteiger charge is -2.35. The van der Waals surface area contributed by atoms with E-state index in [9.17, 15) is 10.1 Å². The number of likely N-dealkylation sites (tertiary alicyclic amines) is 1. The molecule has 150 valence electrons. The van der Waals surface area contributed by atoms with Crippen molar-refractivity contribution in [1.82, 2.24) is 15.5 Å². The van der Waals surface area contributed by atoms with E-state index in [1.54, 1.807) is 12.1 Å². The number of rotatable bonds is 8. The van der Waals surface area contributed by atoms with Gasteiger partial charge in [0.15, 0.2) is 5.96 Å². The smallest absolute Gasteiger partial charge is 0.269 e. The lowest BCUT2D eigenvalue weighted by molar-refractivity contribution is -0.384. The van der Waals surface area contributed by atoms with Crippen LogP contribution >= 0.6 is 0 Å². The topological polar surface area (TPSA) is 82.8 Å². The van der Waals surface area contributed by atoms with Crippen LogP contribution in [0.15, 0.2) is 29.3 Å². The Morgan fingerprint density at radius 1 is 1.30 bits per heavy atom. The van der Waals surface area contributed by atoms with Gasteiger partial charge in [-0.25, -0.2) is 4.99 Å². The first kappa shape index (κ1) is 21.2. The zero-order valence-electron chi connectivity index (χ0n) is 16.8. The van der Waals surface area contributed by atoms with E-state index in [-0.39, 0.29) is 10.6 Å². The summed E-state index contributed by atoms with van der Waals surface area (Å²) in [5, 5.41) is 17.8. The first-order chi connectivity index (χ1) is 13.0. The Hall–Kier alpha value is -2.15. The van der Waals surface area contributed by atoms with Crippen molar-refractivity contribution in [1.29, 1.82) is 0 Å². The number of nitrogens with one attached hydrogen (secondary N) is 2. The van der Waals surface area contributed by atoms with Gasteiger partial charge < -0.3 is 15.5 Å². The number of nitrogens with zero attached hydrogens (tertiary/aromatic N) is 3. The summed E-state index contributed by atoms with van der Waals surface area (Å²) < 4.78 is 0. The number of nitro benzene ring substituents is 1. The highest BCUT2D eigenvalue weighted by atomic mass is 16.6. The number of guanidine groups is 1. The van der Waals surface area contributed by atoms with Gasteiger partial charge in [0.2, 0.25) is 0 Å². The Kier molecular flexibility index (Phi) is 8.51. The molecule has 1 saturated heterocycles. The number of benzene rings is 1. The number of non-ortho nitro benzene ring substituents is 1. The number of nitro groups is 1. The van der Waals surface area contributed by atoms with Crippen LogP contribution in [0.2, 0.25) is 0 Å². The Morgan fingerprint density at radius 3 is 2.52 bits per heavy atom. The highest BCUT2D eigenvalue weighted by Crippen LogP contribution is 2.14. The average molecular weight is 376 g/mol. The summed E-state index contributed by atoms with van der Waals surface area (Å²) in [6, 6.07) is 7.64. The number of aliphatic imine (C=N–C) groups is 1. The van der Waals surface area contributed by atoms with E-state index in [1.165, 1.54) is 12.1 Å². The van der Waals surface area contributed by atoms with Crippen molar-refractivity contribution in [3.8, 4) is 0 Å². The quantitative estimate of drug-likeness (QED) is 0.239. The molecule has 1 aromatic rings. The van der Waals surface area contributed by atoms with E-state index >= 15 is 0 Å². The zero-order valence-corrected chi connectivity index (χ0v) is 16.8. The van der Waals surface area contributed by atoms with Gasteiger partial charge in [-0.2, -0.15) is 0 Å². The highest BCUT2D eigenvalue weighted by Gasteiger charge is 2.21. The van der Waals surface area contributed by atoms with E-state index in [0.29, 0.717) is 18.6 Å². The minimum absolute atomic E-state index is 0.110. The maximum Gasteiger partial charge on any atom is 0.269 e. The van der Waals surface area contributed by atoms with Gasteiger partial charge in [0.05, 0.1) is 11.5 Å². The maximum absolute atomic E-state index is 10.8. The average Bonchev–Trinajstić information content (AvgIpc) is 2.67. The fourth-order valence-electron chi connectivity index (χ4n) is 3.18. The SMILES string of the molecule is CCCCNC(=NCc1ccc([N+](=O)[O-])cc1)NC1CCN(C(C)C)CC1. The molecule has 0 unspecified atom stereocenters. The highest BCUT2D eigenvalue weighted by molar-refractivity contribution is 5.80. The molecule has 0 aromatic heterocycles. The molecular formula is C20H33N5O2. The van der Waals surface area contributed by atoms with Crippen LogP contribution in [-0.4, -0.2) is 47.5 Å². The number of hydrogen-bond donors (Lipinski definition) is 2. The molecule has 0 spiro atoms. The van der Waals surface area contributed by atoms with E-state index in [4.69, 9.17) is 4.99 Å². The van der Waals surface area contributed by atoms with Crippen molar-refractivity contribution < 1.29 is 4.92 Å². The fourth-order valence-corrected chi connectivity index (χ4v) is 3.18. The van der Waals surface area contributed by atoms with Gasteiger partial charge in [0, 0.05) is 43.9 Å². The molecule has 0 amide bonds. The number of hydrogen-bond acceptors (Lipinski definition) is 4. The minimum atomic E-state index is -0.379. The van der Waals surface area contributed by atoms with Crippen molar-refractivity contribution in [3.63, 3.8) is 0 Å². The summed E-state index contributed by atoms with van der Waals surface area (Å²) in [4.78, 5) is 17.6. The second-order valence-electron chi connectivity index (χ2n) is 7.42. The lowest BCUT2D eigenvalue weighted by atomic mass is 10.0. The minimum Gasteiger partial charge on any atom is -0.356 e. The van der Waals surface area contributed by atoms with Gasteiger partial charge >= 0.3 is 0 Å². The first-order valence-electron chi connectivity index (χ1n) is 10.0. The van der Waals surface area contributed by atoms with Crippen molar-refractivity contribution in [2.45, 2.75) is 65.1 Å². The van der Waals surface area contributed by atoms with Crippen LogP contribution in [0.25, 0.3) is 0 Å². The van der Waals surface area contributed by atoms with Crippen molar-refractivity contribution >= 4 is 11.6 Å². The standard InChI is InChI=1S/C20H33N5O2/c1-4-5-12-21-20(23-18-10-13-24(14-11-18)16(2)3)22-15-17-6-8-19(9-7-17)25(26)27/h6-9,16,18H,4-5,10-15H2,1-3H3,(H2,21,22,23). The molecule has 27 heavy (non-hydrogen) atoms. The molecular weight excluding hydrogens is 342 g/mol. The first-order valence-corrected chi connectivity index (χ1v) is 10.0. The summed E-state index contributed by atoms with van der Waals surface area (Å²) in [6.45, 7) is 10.3. The van der Waals surface area contributed by atoms with Gasteiger partial charge in [-0.1, -0.05) is 25.5 Å². The van der Waals surface area contributed by atoms with E-state index in [2.05, 4.69) is 36.3 Å². The second-order valence-corrected chi connectivity index (χ2v) is 7.42. The molecule has 1 aliphatic heterocycles. The lowest BCUT2D eigenvalue weighted by Crippen LogP contribution is -2.50. The number of piperidine rings is 1. The summed E-state index contributed by atoms with van der Waals surface area (Å²) in [6.07, 6.45) is 4.47. The Balaban J connectivity index is 1.94. The number of unbranched alkanes of at least 4 members (excludes halogenated alkanes) is 1. The normalized spacial score (nSPS) is 16.5. The third-order valence-electron chi connectivity index (χ3n) is 4.99. The summed E-state index contributed by atoms with van der Waals surface area (Å²) >= 11 is 0. The van der Waals surface area contributed by atoms with Crippen LogP contribution in [0, 0.1) is 10.1 Å². The van der Waals surface area contributed by atoms with E-state index in [0.717, 1.165) is 56.8 Å². The van der Waals surface area contributed by atoms with E-state index < -0.39 is 0 Å². The molecule has 1 aromatic carbocycles. The van der Waals surface area contributed by atoms with Gasteiger partial charge in [0.1, 0.15) is 0 Å². The molecule has 7 nitrogen and oxygen atoms in total. The van der Waals surface area contributed by atoms with Gasteiger partial charge in [-0.15, -0.1) is 0 Å². The molecule has 1 heterocycles. The molecule has 0 atom stereocenters. The molecule has 2 N–H and O–H groups in total. The third-order valence-corrected chi connectivity index (χ3v) is 4.99. The summed E-state index contributed by atoms with van der Waals surface area (Å²) in [5.74, 6) is 0.838. The molecule has 2 rings (SSSR count). The maximum atomic E-state index is 10.8. The van der Waals surface area contributed by atoms with E-state index in [1.807, 2.05) is 0 Å². The summed E-state index contributed by atoms with van der Waals surface area (Å²) in [7, 11) is 0. The van der Waals surface area contributed by atoms with Crippen LogP contribution < -0.4 is 10.6 Å². The van der Waals surface area contributed by atoms with Gasteiger partial charge in [-0.3, -0.25) is 10.1 Å². The van der Waals surface area contributed by atoms with Crippen molar-refractivity contribution in [3.05, 3.63) is 39.9 Å². The van der Waals surface area contributed by atoms with Crippen LogP contribution in [0.4, 0.5) is 5.69 Å². The predicted molar refractivity (Wildman–Crippen MR) is 110 cm³/mol. The van der Waals surface area contributed by atoms with Crippen LogP contribution in [0.1, 0.15) is 52.0 Å². The largest absolute Gasteiger partial charge is 0.356 e. The van der Waals surface area contributed by atoms with Gasteiger partial charge in [0.25, 0.3) is 5.69 Å². The predicted octanol–water partition coefficient (Wildman–Crippen LogP) is 3.30. The molecule has 0 bridgehead atoms. The fraction of sp³-hybridized carbons (Fsp3) is 0.650. The Morgan fingerprint density at radius 2 is 1.96 bits per heavy atom. The van der Waals surface area contributed by atoms with Crippen LogP contribution in [0.5, 0.6) is 0 Å². The molecule has 1 aliphatic rings. The van der Waals surface area contributed by atoms with Crippen LogP contribution in [0.3, 0.4) is 0 Å². The third kappa shape index (κ3) is 7.17. The Bertz CT molecular complexity index is 607. The second kappa shape index (κ2) is 10.9. The molecule has 1 fully saturated rings. The molecule has 0 saturated carbocycles. The Labute approximate surface area is 162 Å². The van der Waals surface area contributed by atoms with Crippen molar-refractivity contribution in [2.75, 3.05) is 19.6 Å². The monoisotopic (exact) mass is 375 g/mol. The molecule has 7 heteroatoms. The molecule has 0 radical (unpaired) electrons. The molecule has 0 aliphatic carbocycles. The van der Waals surface area contributed by atoms with Crippen molar-refractivity contribution in [2.24, 2.45) is 4.99 Å².